The second-order valence-electron chi connectivity index (χ2n) is 6.75. The third kappa shape index (κ3) is 4.92. The van der Waals surface area contributed by atoms with E-state index in [4.69, 9.17) is 0 Å². The minimum Gasteiger partial charge on any atom is -0.335 e. The Balaban J connectivity index is 1.87. The third-order valence-corrected chi connectivity index (χ3v) is 4.69. The lowest BCUT2D eigenvalue weighted by molar-refractivity contribution is -0.119. The molecule has 0 saturated heterocycles. The summed E-state index contributed by atoms with van der Waals surface area (Å²) in [5.41, 5.74) is -0.276. The van der Waals surface area contributed by atoms with Crippen molar-refractivity contribution in [1.82, 2.24) is 30.8 Å². The Kier molecular flexibility index (Phi) is 5.61. The molecule has 1 fully saturated rings. The van der Waals surface area contributed by atoms with Gasteiger partial charge < -0.3 is 5.32 Å². The molecule has 0 bridgehead atoms. The summed E-state index contributed by atoms with van der Waals surface area (Å²) in [6, 6.07) is -0.247. The molecule has 1 unspecified atom stereocenters. The maximum atomic E-state index is 12.1. The quantitative estimate of drug-likeness (QED) is 0.809. The van der Waals surface area contributed by atoms with Crippen LogP contribution in [0.2, 0.25) is 0 Å². The lowest BCUT2D eigenvalue weighted by atomic mass is 10.1. The lowest BCUT2D eigenvalue weighted by Crippen LogP contribution is -2.46. The zero-order valence-corrected chi connectivity index (χ0v) is 14.8. The van der Waals surface area contributed by atoms with Gasteiger partial charge in [-0.3, -0.25) is 10.1 Å². The molecule has 3 amide bonds. The van der Waals surface area contributed by atoms with Crippen molar-refractivity contribution in [2.45, 2.75) is 75.4 Å². The van der Waals surface area contributed by atoms with Crippen molar-refractivity contribution in [3.8, 4) is 0 Å². The molecular weight excluding hydrogens is 316 g/mol. The number of imide groups is 1. The van der Waals surface area contributed by atoms with Crippen molar-refractivity contribution < 1.29 is 9.59 Å². The van der Waals surface area contributed by atoms with Crippen LogP contribution < -0.4 is 10.6 Å². The van der Waals surface area contributed by atoms with Crippen LogP contribution in [0.3, 0.4) is 0 Å². The van der Waals surface area contributed by atoms with E-state index >= 15 is 0 Å². The Hall–Kier alpha value is -1.64. The number of tetrazole rings is 1. The van der Waals surface area contributed by atoms with Gasteiger partial charge in [-0.1, -0.05) is 24.6 Å². The number of carbonyl (C=O) groups excluding carboxylic acids is 2. The van der Waals surface area contributed by atoms with Crippen LogP contribution in [0.1, 0.15) is 53.4 Å². The van der Waals surface area contributed by atoms with Gasteiger partial charge in [-0.2, -0.15) is 0 Å². The zero-order valence-electron chi connectivity index (χ0n) is 14.0. The fourth-order valence-corrected chi connectivity index (χ4v) is 3.37. The minimum atomic E-state index is -0.476. The second-order valence-corrected chi connectivity index (χ2v) is 8.06. The predicted molar refractivity (Wildman–Crippen MR) is 87.1 cm³/mol. The lowest BCUT2D eigenvalue weighted by Gasteiger charge is -2.20. The van der Waals surface area contributed by atoms with Crippen LogP contribution in [0.5, 0.6) is 0 Å². The molecule has 0 radical (unpaired) electrons. The van der Waals surface area contributed by atoms with Crippen molar-refractivity contribution >= 4 is 23.7 Å². The number of aromatic nitrogens is 4. The van der Waals surface area contributed by atoms with Crippen molar-refractivity contribution in [3.05, 3.63) is 0 Å². The number of urea groups is 1. The Morgan fingerprint density at radius 1 is 1.30 bits per heavy atom. The topological polar surface area (TPSA) is 102 Å². The smallest absolute Gasteiger partial charge is 0.321 e. The number of nitrogens with one attached hydrogen (secondary N) is 2. The molecule has 128 valence electrons. The van der Waals surface area contributed by atoms with Gasteiger partial charge in [0.2, 0.25) is 11.1 Å². The van der Waals surface area contributed by atoms with Gasteiger partial charge in [-0.05, 0) is 51.0 Å². The highest BCUT2D eigenvalue weighted by atomic mass is 32.2. The second kappa shape index (κ2) is 7.29. The highest BCUT2D eigenvalue weighted by molar-refractivity contribution is 8.00. The van der Waals surface area contributed by atoms with Crippen molar-refractivity contribution in [3.63, 3.8) is 0 Å². The van der Waals surface area contributed by atoms with E-state index in [0.717, 1.165) is 25.7 Å². The van der Waals surface area contributed by atoms with Crippen LogP contribution in [0, 0.1) is 0 Å². The first-order chi connectivity index (χ1) is 10.8. The highest BCUT2D eigenvalue weighted by Crippen LogP contribution is 2.25. The van der Waals surface area contributed by atoms with Crippen LogP contribution in [0.25, 0.3) is 0 Å². The van der Waals surface area contributed by atoms with Crippen LogP contribution in [-0.4, -0.2) is 43.4 Å². The molecule has 23 heavy (non-hydrogen) atoms. The molecule has 1 saturated carbocycles. The van der Waals surface area contributed by atoms with Crippen LogP contribution >= 0.6 is 11.8 Å². The number of carbonyl (C=O) groups is 2. The number of thioether (sulfide) groups is 1. The van der Waals surface area contributed by atoms with Gasteiger partial charge in [-0.15, -0.1) is 5.10 Å². The maximum absolute atomic E-state index is 12.1. The van der Waals surface area contributed by atoms with E-state index in [1.54, 1.807) is 11.6 Å². The number of nitrogens with zero attached hydrogens (tertiary/aromatic N) is 4. The van der Waals surface area contributed by atoms with Gasteiger partial charge >= 0.3 is 6.03 Å². The Labute approximate surface area is 140 Å². The molecular formula is C14H24N6O2S. The predicted octanol–water partition coefficient (Wildman–Crippen LogP) is 1.68. The van der Waals surface area contributed by atoms with Crippen molar-refractivity contribution in [1.29, 1.82) is 0 Å². The highest BCUT2D eigenvalue weighted by Gasteiger charge is 2.25. The summed E-state index contributed by atoms with van der Waals surface area (Å²) < 4.78 is 1.67. The molecule has 1 aliphatic rings. The van der Waals surface area contributed by atoms with Crippen LogP contribution in [0.15, 0.2) is 5.16 Å². The first-order valence-corrected chi connectivity index (χ1v) is 8.72. The average Bonchev–Trinajstić information content (AvgIpc) is 3.08. The van der Waals surface area contributed by atoms with Gasteiger partial charge in [-0.25, -0.2) is 9.48 Å². The van der Waals surface area contributed by atoms with Gasteiger partial charge in [0.05, 0.1) is 10.8 Å². The standard InChI is InChI=1S/C14H24N6O2S/c1-9(23-13-17-18-19-20(13)14(2,3)4)11(21)16-12(22)15-10-7-5-6-8-10/h9-10H,5-8H2,1-4H3,(H2,15,16,21,22). The largest absolute Gasteiger partial charge is 0.335 e. The third-order valence-electron chi connectivity index (χ3n) is 3.65. The summed E-state index contributed by atoms with van der Waals surface area (Å²) in [5, 5.41) is 16.9. The molecule has 0 aromatic carbocycles. The van der Waals surface area contributed by atoms with Crippen LogP contribution in [-0.2, 0) is 10.3 Å². The molecule has 0 aliphatic heterocycles. The summed E-state index contributed by atoms with van der Waals surface area (Å²) in [6.07, 6.45) is 4.21. The Bertz CT molecular complexity index is 562. The summed E-state index contributed by atoms with van der Waals surface area (Å²) in [7, 11) is 0. The molecule has 1 heterocycles. The number of rotatable bonds is 4. The summed E-state index contributed by atoms with van der Waals surface area (Å²) in [6.45, 7) is 7.66. The first-order valence-electron chi connectivity index (χ1n) is 7.84. The SMILES string of the molecule is CC(Sc1nnnn1C(C)(C)C)C(=O)NC(=O)NC1CCCC1. The van der Waals surface area contributed by atoms with Crippen LogP contribution in [0.4, 0.5) is 4.79 Å². The summed E-state index contributed by atoms with van der Waals surface area (Å²) in [5.74, 6) is -0.353. The van der Waals surface area contributed by atoms with Crippen molar-refractivity contribution in [2.75, 3.05) is 0 Å². The fourth-order valence-electron chi connectivity index (χ4n) is 2.39. The molecule has 0 spiro atoms. The first kappa shape index (κ1) is 17.7. The van der Waals surface area contributed by atoms with Gasteiger partial charge in [0.25, 0.3) is 0 Å². The molecule has 1 aromatic rings. The van der Waals surface area contributed by atoms with E-state index in [-0.39, 0.29) is 17.5 Å². The molecule has 2 rings (SSSR count). The van der Waals surface area contributed by atoms with Gasteiger partial charge in [0.15, 0.2) is 0 Å². The van der Waals surface area contributed by atoms with E-state index in [1.807, 2.05) is 20.8 Å². The fraction of sp³-hybridized carbons (Fsp3) is 0.786. The van der Waals surface area contributed by atoms with E-state index in [1.165, 1.54) is 11.8 Å². The van der Waals surface area contributed by atoms with Crippen molar-refractivity contribution in [2.24, 2.45) is 0 Å². The van der Waals surface area contributed by atoms with Gasteiger partial charge in [0, 0.05) is 6.04 Å². The molecule has 2 N–H and O–H groups in total. The normalized spacial score (nSPS) is 17.0. The molecule has 9 heteroatoms. The van der Waals surface area contributed by atoms with E-state index < -0.39 is 11.3 Å². The monoisotopic (exact) mass is 340 g/mol. The minimum absolute atomic E-state index is 0.180. The molecule has 1 aromatic heterocycles. The number of hydrogen-bond donors (Lipinski definition) is 2. The van der Waals surface area contributed by atoms with E-state index in [2.05, 4.69) is 26.2 Å². The Morgan fingerprint density at radius 3 is 2.57 bits per heavy atom. The van der Waals surface area contributed by atoms with Gasteiger partial charge in [0.1, 0.15) is 0 Å². The molecule has 1 aliphatic carbocycles. The summed E-state index contributed by atoms with van der Waals surface area (Å²) >= 11 is 1.23. The number of amides is 3. The maximum Gasteiger partial charge on any atom is 0.321 e. The zero-order chi connectivity index (χ0) is 17.0. The average molecular weight is 340 g/mol. The number of hydrogen-bond acceptors (Lipinski definition) is 6. The molecule has 1 atom stereocenters. The van der Waals surface area contributed by atoms with E-state index in [0.29, 0.717) is 5.16 Å². The summed E-state index contributed by atoms with van der Waals surface area (Å²) in [4.78, 5) is 24.0. The van der Waals surface area contributed by atoms with E-state index in [9.17, 15) is 9.59 Å². The molecule has 8 nitrogen and oxygen atoms in total. The Morgan fingerprint density at radius 2 is 1.96 bits per heavy atom.